The molecule has 0 aliphatic heterocycles. The van der Waals surface area contributed by atoms with E-state index in [-0.39, 0.29) is 0 Å². The molecule has 0 heterocycles. The number of rotatable bonds is 4. The Bertz CT molecular complexity index is 379. The van der Waals surface area contributed by atoms with Gasteiger partial charge >= 0.3 is 0 Å². The molecule has 15 heavy (non-hydrogen) atoms. The fourth-order valence-electron chi connectivity index (χ4n) is 1.16. The van der Waals surface area contributed by atoms with Gasteiger partial charge in [-0.1, -0.05) is 12.0 Å². The zero-order chi connectivity index (χ0) is 11.1. The van der Waals surface area contributed by atoms with Gasteiger partial charge in [0.25, 0.3) is 0 Å². The van der Waals surface area contributed by atoms with Gasteiger partial charge in [0.15, 0.2) is 0 Å². The zero-order valence-electron chi connectivity index (χ0n) is 8.93. The Morgan fingerprint density at radius 2 is 2.27 bits per heavy atom. The molecule has 1 N–H and O–H groups in total. The molecule has 2 nitrogen and oxygen atoms in total. The quantitative estimate of drug-likeness (QED) is 0.847. The molecule has 0 saturated carbocycles. The highest BCUT2D eigenvalue weighted by molar-refractivity contribution is 9.10. The average Bonchev–Trinajstić information content (AvgIpc) is 2.22. The highest BCUT2D eigenvalue weighted by Crippen LogP contribution is 2.25. The predicted octanol–water partition coefficient (Wildman–Crippen LogP) is 2.57. The van der Waals surface area contributed by atoms with Crippen molar-refractivity contribution in [3.8, 4) is 17.6 Å². The number of hydrogen-bond donors (Lipinski definition) is 1. The van der Waals surface area contributed by atoms with Gasteiger partial charge in [-0.3, -0.25) is 0 Å². The summed E-state index contributed by atoms with van der Waals surface area (Å²) in [6, 6.07) is 6.04. The lowest BCUT2D eigenvalue weighted by Crippen LogP contribution is -2.05. The number of hydrogen-bond acceptors (Lipinski definition) is 2. The highest BCUT2D eigenvalue weighted by Gasteiger charge is 2.01. The molecular weight excluding hydrogens is 254 g/mol. The van der Waals surface area contributed by atoms with E-state index in [1.165, 1.54) is 5.56 Å². The van der Waals surface area contributed by atoms with Crippen LogP contribution in [0.2, 0.25) is 0 Å². The van der Waals surface area contributed by atoms with Gasteiger partial charge in [0, 0.05) is 6.54 Å². The largest absolute Gasteiger partial charge is 0.480 e. The van der Waals surface area contributed by atoms with E-state index in [2.05, 4.69) is 33.1 Å². The van der Waals surface area contributed by atoms with Gasteiger partial charge in [-0.15, -0.1) is 5.92 Å². The van der Waals surface area contributed by atoms with Crippen LogP contribution in [0.25, 0.3) is 0 Å². The Labute approximate surface area is 99.2 Å². The van der Waals surface area contributed by atoms with Crippen LogP contribution >= 0.6 is 15.9 Å². The summed E-state index contributed by atoms with van der Waals surface area (Å²) in [4.78, 5) is 0. The van der Waals surface area contributed by atoms with Crippen molar-refractivity contribution in [3.05, 3.63) is 28.2 Å². The first kappa shape index (κ1) is 12.1. The Kier molecular flexibility index (Phi) is 5.23. The lowest BCUT2D eigenvalue weighted by Gasteiger charge is -2.07. The zero-order valence-corrected chi connectivity index (χ0v) is 10.5. The normalized spacial score (nSPS) is 9.27. The van der Waals surface area contributed by atoms with Crippen molar-refractivity contribution < 1.29 is 4.74 Å². The second-order valence-electron chi connectivity index (χ2n) is 3.01. The van der Waals surface area contributed by atoms with Gasteiger partial charge in [0.2, 0.25) is 0 Å². The molecule has 0 amide bonds. The lowest BCUT2D eigenvalue weighted by atomic mass is 10.2. The SMILES string of the molecule is CC#CCOc1ccc(CNC)cc1Br. The van der Waals surface area contributed by atoms with Crippen LogP contribution in [0.4, 0.5) is 0 Å². The van der Waals surface area contributed by atoms with Crippen molar-refractivity contribution >= 4 is 15.9 Å². The molecule has 0 aliphatic rings. The third kappa shape index (κ3) is 3.94. The van der Waals surface area contributed by atoms with Crippen LogP contribution in [0.5, 0.6) is 5.75 Å². The Morgan fingerprint density at radius 1 is 1.47 bits per heavy atom. The molecule has 0 atom stereocenters. The molecule has 0 radical (unpaired) electrons. The van der Waals surface area contributed by atoms with Crippen molar-refractivity contribution in [2.75, 3.05) is 13.7 Å². The smallest absolute Gasteiger partial charge is 0.149 e. The van der Waals surface area contributed by atoms with E-state index in [0.29, 0.717) is 6.61 Å². The highest BCUT2D eigenvalue weighted by atomic mass is 79.9. The fourth-order valence-corrected chi connectivity index (χ4v) is 1.70. The topological polar surface area (TPSA) is 21.3 Å². The minimum atomic E-state index is 0.431. The van der Waals surface area contributed by atoms with Crippen LogP contribution < -0.4 is 10.1 Å². The van der Waals surface area contributed by atoms with Gasteiger partial charge < -0.3 is 10.1 Å². The standard InChI is InChI=1S/C12H14BrNO/c1-3-4-7-15-12-6-5-10(9-14-2)8-11(12)13/h5-6,8,14H,7,9H2,1-2H3. The number of ether oxygens (including phenoxy) is 1. The number of nitrogens with one attached hydrogen (secondary N) is 1. The van der Waals surface area contributed by atoms with E-state index in [1.807, 2.05) is 25.2 Å². The Hall–Kier alpha value is -0.980. The molecule has 0 saturated heterocycles. The molecule has 0 spiro atoms. The molecule has 0 fully saturated rings. The molecule has 1 aromatic carbocycles. The van der Waals surface area contributed by atoms with E-state index in [1.54, 1.807) is 6.92 Å². The molecule has 0 aromatic heterocycles. The molecule has 3 heteroatoms. The van der Waals surface area contributed by atoms with Crippen LogP contribution in [-0.2, 0) is 6.54 Å². The van der Waals surface area contributed by atoms with Crippen molar-refractivity contribution in [1.29, 1.82) is 0 Å². The second kappa shape index (κ2) is 6.49. The molecule has 0 unspecified atom stereocenters. The van der Waals surface area contributed by atoms with Crippen molar-refractivity contribution in [2.24, 2.45) is 0 Å². The number of halogens is 1. The van der Waals surface area contributed by atoms with Gasteiger partial charge in [-0.05, 0) is 47.6 Å². The van der Waals surface area contributed by atoms with E-state index in [9.17, 15) is 0 Å². The third-order valence-corrected chi connectivity index (χ3v) is 2.47. The molecule has 80 valence electrons. The monoisotopic (exact) mass is 267 g/mol. The molecular formula is C12H14BrNO. The second-order valence-corrected chi connectivity index (χ2v) is 3.86. The van der Waals surface area contributed by atoms with E-state index >= 15 is 0 Å². The van der Waals surface area contributed by atoms with Crippen LogP contribution in [-0.4, -0.2) is 13.7 Å². The van der Waals surface area contributed by atoms with Crippen LogP contribution in [0.3, 0.4) is 0 Å². The average molecular weight is 268 g/mol. The van der Waals surface area contributed by atoms with Gasteiger partial charge in [0.1, 0.15) is 12.4 Å². The summed E-state index contributed by atoms with van der Waals surface area (Å²) in [6.45, 7) is 3.09. The first-order valence-corrected chi connectivity index (χ1v) is 5.52. The lowest BCUT2D eigenvalue weighted by molar-refractivity contribution is 0.367. The van der Waals surface area contributed by atoms with Crippen LogP contribution in [0.15, 0.2) is 22.7 Å². The maximum atomic E-state index is 5.47. The van der Waals surface area contributed by atoms with Gasteiger partial charge in [-0.2, -0.15) is 0 Å². The van der Waals surface area contributed by atoms with E-state index < -0.39 is 0 Å². The maximum Gasteiger partial charge on any atom is 0.149 e. The summed E-state index contributed by atoms with van der Waals surface area (Å²) in [6.07, 6.45) is 0. The minimum Gasteiger partial charge on any atom is -0.480 e. The van der Waals surface area contributed by atoms with Crippen molar-refractivity contribution in [1.82, 2.24) is 5.32 Å². The van der Waals surface area contributed by atoms with Crippen LogP contribution in [0, 0.1) is 11.8 Å². The van der Waals surface area contributed by atoms with Crippen LogP contribution in [0.1, 0.15) is 12.5 Å². The van der Waals surface area contributed by atoms with Crippen molar-refractivity contribution in [3.63, 3.8) is 0 Å². The summed E-state index contributed by atoms with van der Waals surface area (Å²) < 4.78 is 6.44. The summed E-state index contributed by atoms with van der Waals surface area (Å²) in [5, 5.41) is 3.10. The van der Waals surface area contributed by atoms with E-state index in [4.69, 9.17) is 4.74 Å². The summed E-state index contributed by atoms with van der Waals surface area (Å²) in [5.41, 5.74) is 1.22. The predicted molar refractivity (Wildman–Crippen MR) is 65.9 cm³/mol. The maximum absolute atomic E-state index is 5.47. The summed E-state index contributed by atoms with van der Waals surface area (Å²) in [5.74, 6) is 6.48. The third-order valence-electron chi connectivity index (χ3n) is 1.85. The number of benzene rings is 1. The molecule has 1 aromatic rings. The van der Waals surface area contributed by atoms with Crippen molar-refractivity contribution in [2.45, 2.75) is 13.5 Å². The summed E-state index contributed by atoms with van der Waals surface area (Å²) in [7, 11) is 1.93. The first-order valence-electron chi connectivity index (χ1n) is 4.73. The van der Waals surface area contributed by atoms with Gasteiger partial charge in [-0.25, -0.2) is 0 Å². The molecule has 0 aliphatic carbocycles. The molecule has 1 rings (SSSR count). The van der Waals surface area contributed by atoms with Gasteiger partial charge in [0.05, 0.1) is 4.47 Å². The summed E-state index contributed by atoms with van der Waals surface area (Å²) >= 11 is 3.47. The molecule has 0 bridgehead atoms. The van der Waals surface area contributed by atoms with E-state index in [0.717, 1.165) is 16.8 Å². The first-order chi connectivity index (χ1) is 7.27. The minimum absolute atomic E-state index is 0.431. The fraction of sp³-hybridized carbons (Fsp3) is 0.333. The Balaban J connectivity index is 2.68. The Morgan fingerprint density at radius 3 is 2.87 bits per heavy atom.